The molecule has 0 atom stereocenters. The Morgan fingerprint density at radius 2 is 1.74 bits per heavy atom. The molecule has 0 spiro atoms. The minimum Gasteiger partial charge on any atom is -0.497 e. The maximum atomic E-state index is 12.7. The molecule has 2 aromatic rings. The lowest BCUT2D eigenvalue weighted by atomic mass is 10.1. The molecule has 0 aliphatic heterocycles. The number of carbonyl (C=O) groups is 1. The van der Waals surface area contributed by atoms with Gasteiger partial charge in [0.25, 0.3) is 0 Å². The summed E-state index contributed by atoms with van der Waals surface area (Å²) in [5.41, 5.74) is 2.43. The number of carbonyl (C=O) groups excluding carboxylic acids is 1. The Morgan fingerprint density at radius 1 is 1.11 bits per heavy atom. The van der Waals surface area contributed by atoms with Crippen LogP contribution < -0.4 is 9.47 Å². The smallest absolute Gasteiger partial charge is 0.246 e. The first-order valence-corrected chi connectivity index (χ1v) is 8.78. The summed E-state index contributed by atoms with van der Waals surface area (Å²) in [6, 6.07) is 14.9. The van der Waals surface area contributed by atoms with Crippen molar-refractivity contribution in [3.8, 4) is 17.6 Å². The van der Waals surface area contributed by atoms with Gasteiger partial charge in [-0.3, -0.25) is 4.79 Å². The summed E-state index contributed by atoms with van der Waals surface area (Å²) in [7, 11) is 3.18. The summed E-state index contributed by atoms with van der Waals surface area (Å²) >= 11 is 0. The van der Waals surface area contributed by atoms with Crippen LogP contribution in [0.15, 0.2) is 48.5 Å². The topological polar surface area (TPSA) is 62.6 Å². The lowest BCUT2D eigenvalue weighted by Gasteiger charge is -2.20. The number of hydrogen-bond donors (Lipinski definition) is 0. The van der Waals surface area contributed by atoms with E-state index in [0.29, 0.717) is 30.2 Å². The molecule has 0 unspecified atom stereocenters. The monoisotopic (exact) mass is 364 g/mol. The van der Waals surface area contributed by atoms with Crippen molar-refractivity contribution in [1.29, 1.82) is 5.26 Å². The highest BCUT2D eigenvalue weighted by Crippen LogP contribution is 2.23. The Kier molecular flexibility index (Phi) is 7.45. The summed E-state index contributed by atoms with van der Waals surface area (Å²) in [6.07, 6.45) is 4.19. The van der Waals surface area contributed by atoms with Crippen LogP contribution in [0.1, 0.15) is 30.0 Å². The second-order valence-corrected chi connectivity index (χ2v) is 6.05. The molecule has 0 radical (unpaired) electrons. The largest absolute Gasteiger partial charge is 0.497 e. The van der Waals surface area contributed by atoms with Gasteiger partial charge in [0.05, 0.1) is 25.9 Å². The minimum atomic E-state index is -0.0667. The quantitative estimate of drug-likeness (QED) is 0.664. The lowest BCUT2D eigenvalue weighted by molar-refractivity contribution is -0.126. The maximum Gasteiger partial charge on any atom is 0.246 e. The number of amides is 1. The molecule has 140 valence electrons. The zero-order valence-corrected chi connectivity index (χ0v) is 15.9. The van der Waals surface area contributed by atoms with E-state index in [1.807, 2.05) is 31.2 Å². The van der Waals surface area contributed by atoms with Crippen LogP contribution in [0, 0.1) is 11.3 Å². The molecule has 5 nitrogen and oxygen atoms in total. The zero-order chi connectivity index (χ0) is 19.6. The molecule has 2 aromatic carbocycles. The molecule has 0 aliphatic carbocycles. The Hall–Kier alpha value is -3.26. The van der Waals surface area contributed by atoms with E-state index < -0.39 is 0 Å². The van der Waals surface area contributed by atoms with Gasteiger partial charge in [-0.15, -0.1) is 0 Å². The van der Waals surface area contributed by atoms with E-state index in [0.717, 1.165) is 17.5 Å². The number of ether oxygens (including phenoxy) is 2. The molecule has 0 saturated heterocycles. The van der Waals surface area contributed by atoms with E-state index in [2.05, 4.69) is 6.07 Å². The predicted molar refractivity (Wildman–Crippen MR) is 105 cm³/mol. The fourth-order valence-corrected chi connectivity index (χ4v) is 2.64. The second kappa shape index (κ2) is 10.0. The first-order chi connectivity index (χ1) is 13.1. The van der Waals surface area contributed by atoms with E-state index >= 15 is 0 Å². The first-order valence-electron chi connectivity index (χ1n) is 8.78. The predicted octanol–water partition coefficient (Wildman–Crippen LogP) is 4.03. The molecular weight excluding hydrogens is 340 g/mol. The number of benzene rings is 2. The van der Waals surface area contributed by atoms with Crippen LogP contribution in [-0.2, 0) is 11.3 Å². The summed E-state index contributed by atoms with van der Waals surface area (Å²) in [5.74, 6) is 1.27. The zero-order valence-electron chi connectivity index (χ0n) is 15.9. The Morgan fingerprint density at radius 3 is 2.26 bits per heavy atom. The van der Waals surface area contributed by atoms with Crippen LogP contribution >= 0.6 is 0 Å². The van der Waals surface area contributed by atoms with Crippen LogP contribution in [-0.4, -0.2) is 31.6 Å². The Balaban J connectivity index is 2.14. The normalized spacial score (nSPS) is 10.4. The Labute approximate surface area is 160 Å². The molecule has 0 aliphatic rings. The van der Waals surface area contributed by atoms with Crippen molar-refractivity contribution in [3.63, 3.8) is 0 Å². The van der Waals surface area contributed by atoms with Crippen LogP contribution in [0.3, 0.4) is 0 Å². The highest BCUT2D eigenvalue weighted by atomic mass is 16.5. The average Bonchev–Trinajstić information content (AvgIpc) is 2.71. The molecule has 5 heteroatoms. The van der Waals surface area contributed by atoms with Crippen molar-refractivity contribution in [2.24, 2.45) is 0 Å². The van der Waals surface area contributed by atoms with Crippen molar-refractivity contribution >= 4 is 12.0 Å². The van der Waals surface area contributed by atoms with Crippen LogP contribution in [0.4, 0.5) is 0 Å². The van der Waals surface area contributed by atoms with E-state index in [9.17, 15) is 4.79 Å². The number of nitrogens with zero attached hydrogens (tertiary/aromatic N) is 2. The van der Waals surface area contributed by atoms with Gasteiger partial charge in [0.15, 0.2) is 0 Å². The first kappa shape index (κ1) is 20.1. The number of rotatable bonds is 8. The van der Waals surface area contributed by atoms with Gasteiger partial charge in [-0.2, -0.15) is 5.26 Å². The van der Waals surface area contributed by atoms with Crippen LogP contribution in [0.2, 0.25) is 0 Å². The van der Waals surface area contributed by atoms with Crippen molar-refractivity contribution < 1.29 is 14.3 Å². The van der Waals surface area contributed by atoms with E-state index in [1.165, 1.54) is 0 Å². The number of nitriles is 1. The average molecular weight is 364 g/mol. The van der Waals surface area contributed by atoms with Gasteiger partial charge >= 0.3 is 0 Å². The molecule has 0 saturated carbocycles. The molecule has 0 aromatic heterocycles. The van der Waals surface area contributed by atoms with Gasteiger partial charge in [0.1, 0.15) is 11.5 Å². The van der Waals surface area contributed by atoms with Gasteiger partial charge in [-0.05, 0) is 47.9 Å². The van der Waals surface area contributed by atoms with Gasteiger partial charge in [0, 0.05) is 25.2 Å². The van der Waals surface area contributed by atoms with Gasteiger partial charge in [0.2, 0.25) is 5.91 Å². The fraction of sp³-hybridized carbons (Fsp3) is 0.273. The highest BCUT2D eigenvalue weighted by Gasteiger charge is 2.11. The summed E-state index contributed by atoms with van der Waals surface area (Å²) < 4.78 is 10.5. The van der Waals surface area contributed by atoms with Crippen LogP contribution in [0.25, 0.3) is 6.08 Å². The summed E-state index contributed by atoms with van der Waals surface area (Å²) in [6.45, 7) is 3.20. The van der Waals surface area contributed by atoms with Gasteiger partial charge in [-0.1, -0.05) is 19.1 Å². The molecule has 2 rings (SSSR count). The minimum absolute atomic E-state index is 0.0667. The van der Waals surface area contributed by atoms with Gasteiger partial charge in [-0.25, -0.2) is 0 Å². The molecule has 0 heterocycles. The number of methoxy groups -OCH3 is 2. The van der Waals surface area contributed by atoms with Crippen LogP contribution in [0.5, 0.6) is 11.5 Å². The third-order valence-electron chi connectivity index (χ3n) is 4.05. The van der Waals surface area contributed by atoms with Crippen molar-refractivity contribution in [1.82, 2.24) is 4.90 Å². The van der Waals surface area contributed by atoms with Crippen molar-refractivity contribution in [2.45, 2.75) is 19.9 Å². The standard InChI is InChI=1S/C22H24N2O3/c1-4-11-24(16-18-7-5-17(15-23)6-8-18)22(25)10-9-19-12-20(26-2)14-21(13-19)27-3/h5-10,12-14H,4,11,16H2,1-3H3/b10-9+. The fourth-order valence-electron chi connectivity index (χ4n) is 2.64. The molecule has 0 N–H and O–H groups in total. The summed E-state index contributed by atoms with van der Waals surface area (Å²) in [4.78, 5) is 14.5. The third kappa shape index (κ3) is 5.89. The van der Waals surface area contributed by atoms with Crippen molar-refractivity contribution in [3.05, 3.63) is 65.2 Å². The maximum absolute atomic E-state index is 12.7. The summed E-state index contributed by atoms with van der Waals surface area (Å²) in [5, 5.41) is 8.89. The van der Waals surface area contributed by atoms with E-state index in [1.54, 1.807) is 49.5 Å². The lowest BCUT2D eigenvalue weighted by Crippen LogP contribution is -2.29. The molecule has 27 heavy (non-hydrogen) atoms. The second-order valence-electron chi connectivity index (χ2n) is 6.05. The Bertz CT molecular complexity index is 813. The number of hydrogen-bond acceptors (Lipinski definition) is 4. The molecule has 1 amide bonds. The highest BCUT2D eigenvalue weighted by molar-refractivity contribution is 5.91. The van der Waals surface area contributed by atoms with Crippen molar-refractivity contribution in [2.75, 3.05) is 20.8 Å². The van der Waals surface area contributed by atoms with E-state index in [-0.39, 0.29) is 5.91 Å². The van der Waals surface area contributed by atoms with Gasteiger partial charge < -0.3 is 14.4 Å². The molecule has 0 bridgehead atoms. The third-order valence-corrected chi connectivity index (χ3v) is 4.05. The molecule has 0 fully saturated rings. The van der Waals surface area contributed by atoms with E-state index in [4.69, 9.17) is 14.7 Å². The molecular formula is C22H24N2O3. The SMILES string of the molecule is CCCN(Cc1ccc(C#N)cc1)C(=O)/C=C/c1cc(OC)cc(OC)c1.